The Morgan fingerprint density at radius 2 is 2.11 bits per heavy atom. The van der Waals surface area contributed by atoms with E-state index < -0.39 is 34.4 Å². The Morgan fingerprint density at radius 1 is 1.41 bits per heavy atom. The third-order valence-electron chi connectivity index (χ3n) is 4.28. The van der Waals surface area contributed by atoms with Crippen LogP contribution in [0.1, 0.15) is 45.2 Å². The first-order valence-electron chi connectivity index (χ1n) is 8.65. The van der Waals surface area contributed by atoms with E-state index in [2.05, 4.69) is 10.6 Å². The van der Waals surface area contributed by atoms with E-state index in [9.17, 15) is 24.8 Å². The van der Waals surface area contributed by atoms with Gasteiger partial charge in [-0.1, -0.05) is 32.4 Å². The molecular weight excluding hydrogens is 354 g/mol. The maximum atomic E-state index is 12.6. The number of carbonyl (C=O) groups is 2. The number of hydrogen-bond donors (Lipinski definition) is 2. The molecule has 0 radical (unpaired) electrons. The van der Waals surface area contributed by atoms with Gasteiger partial charge in [0.15, 0.2) is 0 Å². The second-order valence-corrected chi connectivity index (χ2v) is 6.55. The van der Waals surface area contributed by atoms with Crippen molar-refractivity contribution in [2.45, 2.75) is 39.7 Å². The SMILES string of the molecule is CCC[C@@H](C)COC(=O)C1=C(C)NC(=O)N[C@@H]1c1ccc([O-])c([N+](=O)[O-])c1. The normalized spacial score (nSPS) is 17.7. The fourth-order valence-corrected chi connectivity index (χ4v) is 2.94. The molecule has 9 heteroatoms. The Kier molecular flexibility index (Phi) is 6.38. The third kappa shape index (κ3) is 4.75. The second-order valence-electron chi connectivity index (χ2n) is 6.55. The van der Waals surface area contributed by atoms with Gasteiger partial charge in [0.25, 0.3) is 5.69 Å². The largest absolute Gasteiger partial charge is 0.868 e. The summed E-state index contributed by atoms with van der Waals surface area (Å²) in [6.45, 7) is 5.78. The summed E-state index contributed by atoms with van der Waals surface area (Å²) >= 11 is 0. The van der Waals surface area contributed by atoms with Crippen LogP contribution in [0.5, 0.6) is 5.75 Å². The molecule has 0 aliphatic carbocycles. The molecule has 0 unspecified atom stereocenters. The number of nitrogens with zero attached hydrogens (tertiary/aromatic N) is 1. The van der Waals surface area contributed by atoms with Gasteiger partial charge in [-0.2, -0.15) is 0 Å². The van der Waals surface area contributed by atoms with E-state index in [1.165, 1.54) is 6.07 Å². The maximum Gasteiger partial charge on any atom is 0.338 e. The lowest BCUT2D eigenvalue weighted by Crippen LogP contribution is -2.45. The molecule has 1 aromatic rings. The third-order valence-corrected chi connectivity index (χ3v) is 4.28. The smallest absolute Gasteiger partial charge is 0.338 e. The first-order chi connectivity index (χ1) is 12.7. The van der Waals surface area contributed by atoms with Crippen LogP contribution in [-0.2, 0) is 9.53 Å². The molecule has 1 heterocycles. The van der Waals surface area contributed by atoms with Crippen molar-refractivity contribution in [3.63, 3.8) is 0 Å². The Bertz CT molecular complexity index is 789. The fourth-order valence-electron chi connectivity index (χ4n) is 2.94. The van der Waals surface area contributed by atoms with Gasteiger partial charge in [-0.05, 0) is 30.6 Å². The summed E-state index contributed by atoms with van der Waals surface area (Å²) in [5, 5.41) is 27.7. The van der Waals surface area contributed by atoms with E-state index in [1.807, 2.05) is 13.8 Å². The van der Waals surface area contributed by atoms with E-state index in [0.29, 0.717) is 5.70 Å². The number of nitrogens with one attached hydrogen (secondary N) is 2. The van der Waals surface area contributed by atoms with Crippen molar-refractivity contribution in [2.75, 3.05) is 6.61 Å². The number of nitro benzene ring substituents is 1. The minimum Gasteiger partial charge on any atom is -0.868 e. The number of esters is 1. The molecule has 0 saturated heterocycles. The lowest BCUT2D eigenvalue weighted by atomic mass is 9.95. The van der Waals surface area contributed by atoms with E-state index in [-0.39, 0.29) is 23.7 Å². The maximum absolute atomic E-state index is 12.6. The highest BCUT2D eigenvalue weighted by molar-refractivity contribution is 5.95. The first-order valence-corrected chi connectivity index (χ1v) is 8.65. The summed E-state index contributed by atoms with van der Waals surface area (Å²) in [5.41, 5.74) is 0.0725. The number of allylic oxidation sites excluding steroid dienone is 1. The average molecular weight is 376 g/mol. The summed E-state index contributed by atoms with van der Waals surface area (Å²) < 4.78 is 5.37. The zero-order chi connectivity index (χ0) is 20.1. The van der Waals surface area contributed by atoms with Gasteiger partial charge in [-0.25, -0.2) is 9.59 Å². The molecule has 2 N–H and O–H groups in total. The van der Waals surface area contributed by atoms with Crippen molar-refractivity contribution in [3.8, 4) is 5.75 Å². The number of benzene rings is 1. The van der Waals surface area contributed by atoms with Crippen LogP contribution >= 0.6 is 0 Å². The number of carbonyl (C=O) groups excluding carboxylic acids is 2. The fraction of sp³-hybridized carbons (Fsp3) is 0.444. The summed E-state index contributed by atoms with van der Waals surface area (Å²) in [4.78, 5) is 34.7. The molecule has 1 aromatic carbocycles. The highest BCUT2D eigenvalue weighted by Crippen LogP contribution is 2.32. The number of urea groups is 1. The van der Waals surface area contributed by atoms with Gasteiger partial charge < -0.3 is 20.5 Å². The molecule has 0 aromatic heterocycles. The standard InChI is InChI=1S/C18H23N3O6/c1-4-5-10(2)9-27-17(23)15-11(3)19-18(24)20-16(15)12-6-7-14(22)13(8-12)21(25)26/h6-8,10,16,22H,4-5,9H2,1-3H3,(H2,19,20,24)/p-1/t10-,16-/m1/s1. The van der Waals surface area contributed by atoms with Crippen molar-refractivity contribution in [1.29, 1.82) is 0 Å². The molecule has 9 nitrogen and oxygen atoms in total. The number of ether oxygens (including phenoxy) is 1. The van der Waals surface area contributed by atoms with Crippen LogP contribution in [-0.4, -0.2) is 23.5 Å². The summed E-state index contributed by atoms with van der Waals surface area (Å²) in [5.74, 6) is -1.19. The van der Waals surface area contributed by atoms with Crippen LogP contribution in [0.2, 0.25) is 0 Å². The average Bonchev–Trinajstić information content (AvgIpc) is 2.59. The van der Waals surface area contributed by atoms with Gasteiger partial charge in [0.1, 0.15) is 0 Å². The molecule has 2 rings (SSSR count). The summed E-state index contributed by atoms with van der Waals surface area (Å²) in [7, 11) is 0. The summed E-state index contributed by atoms with van der Waals surface area (Å²) in [6.07, 6.45) is 1.87. The van der Waals surface area contributed by atoms with E-state index >= 15 is 0 Å². The number of nitro groups is 1. The van der Waals surface area contributed by atoms with Crippen LogP contribution < -0.4 is 15.7 Å². The number of amides is 2. The molecule has 0 fully saturated rings. The van der Waals surface area contributed by atoms with Crippen molar-refractivity contribution in [1.82, 2.24) is 10.6 Å². The molecule has 146 valence electrons. The highest BCUT2D eigenvalue weighted by Gasteiger charge is 2.33. The highest BCUT2D eigenvalue weighted by atomic mass is 16.6. The molecule has 0 spiro atoms. The predicted octanol–water partition coefficient (Wildman–Crippen LogP) is 2.28. The molecule has 1 aliphatic heterocycles. The van der Waals surface area contributed by atoms with Crippen LogP contribution in [0.4, 0.5) is 10.5 Å². The molecule has 27 heavy (non-hydrogen) atoms. The van der Waals surface area contributed by atoms with Crippen LogP contribution in [0.15, 0.2) is 29.5 Å². The van der Waals surface area contributed by atoms with Crippen molar-refractivity contribution in [2.24, 2.45) is 5.92 Å². The lowest BCUT2D eigenvalue weighted by Gasteiger charge is -2.28. The van der Waals surface area contributed by atoms with E-state index in [4.69, 9.17) is 4.74 Å². The Morgan fingerprint density at radius 3 is 2.74 bits per heavy atom. The number of rotatable bonds is 7. The van der Waals surface area contributed by atoms with Crippen LogP contribution in [0.25, 0.3) is 0 Å². The van der Waals surface area contributed by atoms with Gasteiger partial charge in [-0.15, -0.1) is 0 Å². The van der Waals surface area contributed by atoms with Crippen molar-refractivity contribution >= 4 is 17.7 Å². The van der Waals surface area contributed by atoms with Gasteiger partial charge in [-0.3, -0.25) is 10.1 Å². The van der Waals surface area contributed by atoms with Crippen LogP contribution in [0, 0.1) is 16.0 Å². The Balaban J connectivity index is 2.34. The topological polar surface area (TPSA) is 134 Å². The van der Waals surface area contributed by atoms with Gasteiger partial charge in [0, 0.05) is 11.8 Å². The van der Waals surface area contributed by atoms with Crippen molar-refractivity contribution < 1.29 is 24.4 Å². The minimum absolute atomic E-state index is 0.145. The Labute approximate surface area is 156 Å². The molecular formula is C18H22N3O6-. The van der Waals surface area contributed by atoms with E-state index in [1.54, 1.807) is 6.92 Å². The van der Waals surface area contributed by atoms with Crippen LogP contribution in [0.3, 0.4) is 0 Å². The first kappa shape index (κ1) is 20.2. The monoisotopic (exact) mass is 376 g/mol. The van der Waals surface area contributed by atoms with E-state index in [0.717, 1.165) is 25.0 Å². The molecule has 2 amide bonds. The zero-order valence-electron chi connectivity index (χ0n) is 15.4. The summed E-state index contributed by atoms with van der Waals surface area (Å²) in [6, 6.07) is 1.96. The minimum atomic E-state index is -0.952. The molecule has 0 bridgehead atoms. The predicted molar refractivity (Wildman–Crippen MR) is 94.7 cm³/mol. The van der Waals surface area contributed by atoms with Gasteiger partial charge in [0.2, 0.25) is 0 Å². The zero-order valence-corrected chi connectivity index (χ0v) is 15.4. The number of hydrogen-bond acceptors (Lipinski definition) is 6. The van der Waals surface area contributed by atoms with Crippen molar-refractivity contribution in [3.05, 3.63) is 45.1 Å². The quantitative estimate of drug-likeness (QED) is 0.426. The van der Waals surface area contributed by atoms with Gasteiger partial charge >= 0.3 is 12.0 Å². The van der Waals surface area contributed by atoms with Gasteiger partial charge in [0.05, 0.1) is 23.1 Å². The molecule has 2 atom stereocenters. The molecule has 1 aliphatic rings. The Hall–Kier alpha value is -3.10. The lowest BCUT2D eigenvalue weighted by molar-refractivity contribution is -0.398. The second kappa shape index (κ2) is 8.52. The molecule has 0 saturated carbocycles.